The molecule has 7 nitrogen and oxygen atoms in total. The molecule has 0 atom stereocenters. The molecule has 0 aliphatic carbocycles. The van der Waals surface area contributed by atoms with E-state index in [2.05, 4.69) is 4.98 Å². The van der Waals surface area contributed by atoms with Gasteiger partial charge in [-0.05, 0) is 24.6 Å². The van der Waals surface area contributed by atoms with Crippen molar-refractivity contribution < 1.29 is 25.9 Å². The van der Waals surface area contributed by atoms with Gasteiger partial charge in [0.1, 0.15) is 0 Å². The van der Waals surface area contributed by atoms with E-state index in [1.807, 2.05) is 19.1 Å². The largest absolute Gasteiger partial charge is 0.286 e. The van der Waals surface area contributed by atoms with Gasteiger partial charge in [-0.3, -0.25) is 14.1 Å². The summed E-state index contributed by atoms with van der Waals surface area (Å²) >= 11 is 0. The molecule has 9 heteroatoms. The molecule has 0 saturated carbocycles. The minimum Gasteiger partial charge on any atom is -0.286 e. The summed E-state index contributed by atoms with van der Waals surface area (Å²) in [4.78, 5) is 3.85. The van der Waals surface area contributed by atoms with E-state index >= 15 is 0 Å². The Hall–Kier alpha value is -1.03. The van der Waals surface area contributed by atoms with E-state index in [-0.39, 0.29) is 0 Å². The van der Waals surface area contributed by atoms with E-state index in [9.17, 15) is 16.8 Å². The Labute approximate surface area is 101 Å². The van der Waals surface area contributed by atoms with E-state index in [4.69, 9.17) is 9.11 Å². The van der Waals surface area contributed by atoms with Crippen LogP contribution in [0.1, 0.15) is 5.56 Å². The van der Waals surface area contributed by atoms with E-state index in [0.717, 1.165) is 0 Å². The molecule has 0 bridgehead atoms. The second-order valence-corrected chi connectivity index (χ2v) is 5.92. The molecule has 0 spiro atoms. The third-order valence-corrected chi connectivity index (χ3v) is 0.847. The van der Waals surface area contributed by atoms with Gasteiger partial charge >= 0.3 is 0 Å². The van der Waals surface area contributed by atoms with Gasteiger partial charge in [0.15, 0.2) is 0 Å². The third kappa shape index (κ3) is 51.8. The lowest BCUT2D eigenvalue weighted by Gasteiger charge is -1.82. The molecule has 0 aliphatic rings. The fraction of sp³-hybridized carbons (Fsp3) is 0.375. The fourth-order valence-corrected chi connectivity index (χ4v) is 0.426. The van der Waals surface area contributed by atoms with Crippen molar-refractivity contribution in [1.82, 2.24) is 4.98 Å². The first kappa shape index (κ1) is 18.3. The summed E-state index contributed by atoms with van der Waals surface area (Å²) in [6.07, 6.45) is 5.00. The average Bonchev–Trinajstić information content (AvgIpc) is 1.98. The molecule has 17 heavy (non-hydrogen) atoms. The Balaban J connectivity index is 0. The highest BCUT2D eigenvalue weighted by atomic mass is 32.2. The monoisotopic (exact) mass is 285 g/mol. The van der Waals surface area contributed by atoms with Crippen LogP contribution < -0.4 is 0 Å². The number of aromatic nitrogens is 1. The molecule has 0 radical (unpaired) electrons. The highest BCUT2D eigenvalue weighted by Gasteiger charge is 1.82. The Morgan fingerprint density at radius 2 is 1.18 bits per heavy atom. The number of aryl methyl sites for hydroxylation is 1. The number of pyridine rings is 1. The maximum Gasteiger partial charge on any atom is 0.261 e. The van der Waals surface area contributed by atoms with E-state index < -0.39 is 20.2 Å². The van der Waals surface area contributed by atoms with Crippen LogP contribution in [0.4, 0.5) is 0 Å². The smallest absolute Gasteiger partial charge is 0.261 e. The minimum absolute atomic E-state index is 0.715. The van der Waals surface area contributed by atoms with E-state index in [0.29, 0.717) is 12.5 Å². The summed E-state index contributed by atoms with van der Waals surface area (Å²) in [7, 11) is -7.33. The van der Waals surface area contributed by atoms with Crippen LogP contribution in [0.25, 0.3) is 0 Å². The molecular weight excluding hydrogens is 270 g/mol. The molecule has 0 amide bonds. The predicted molar refractivity (Wildman–Crippen MR) is 63.9 cm³/mol. The van der Waals surface area contributed by atoms with Crippen molar-refractivity contribution in [1.29, 1.82) is 0 Å². The van der Waals surface area contributed by atoms with Gasteiger partial charge in [-0.15, -0.1) is 0 Å². The van der Waals surface area contributed by atoms with Gasteiger partial charge in [0.2, 0.25) is 0 Å². The molecule has 1 aromatic rings. The molecule has 0 saturated heterocycles. The van der Waals surface area contributed by atoms with Crippen molar-refractivity contribution in [3.63, 3.8) is 0 Å². The molecule has 1 aromatic heterocycles. The van der Waals surface area contributed by atoms with Crippen molar-refractivity contribution in [3.8, 4) is 0 Å². The number of hydrogen-bond donors (Lipinski definition) is 2. The van der Waals surface area contributed by atoms with E-state index in [1.54, 1.807) is 12.4 Å². The first-order valence-corrected chi connectivity index (χ1v) is 7.81. The Morgan fingerprint density at radius 1 is 0.941 bits per heavy atom. The lowest BCUT2D eigenvalue weighted by molar-refractivity contribution is 0.488. The highest BCUT2D eigenvalue weighted by molar-refractivity contribution is 7.85. The van der Waals surface area contributed by atoms with E-state index in [1.165, 1.54) is 5.56 Å². The molecule has 100 valence electrons. The number of nitrogens with zero attached hydrogens (tertiary/aromatic N) is 1. The molecule has 0 unspecified atom stereocenters. The molecule has 1 rings (SSSR count). The first-order chi connectivity index (χ1) is 7.39. The van der Waals surface area contributed by atoms with Gasteiger partial charge in [0.25, 0.3) is 20.2 Å². The molecule has 0 fully saturated rings. The van der Waals surface area contributed by atoms with Gasteiger partial charge in [-0.2, -0.15) is 16.8 Å². The van der Waals surface area contributed by atoms with Crippen molar-refractivity contribution in [2.24, 2.45) is 0 Å². The molecule has 0 aromatic carbocycles. The summed E-state index contributed by atoms with van der Waals surface area (Å²) < 4.78 is 51.7. The Bertz CT molecular complexity index is 448. The van der Waals surface area contributed by atoms with Crippen molar-refractivity contribution in [3.05, 3.63) is 30.1 Å². The van der Waals surface area contributed by atoms with Gasteiger partial charge in [-0.1, -0.05) is 0 Å². The van der Waals surface area contributed by atoms with Crippen molar-refractivity contribution in [2.45, 2.75) is 6.92 Å². The Kier molecular flexibility index (Phi) is 8.76. The lowest BCUT2D eigenvalue weighted by atomic mass is 10.3. The third-order valence-electron chi connectivity index (χ3n) is 0.847. The molecule has 1 heterocycles. The average molecular weight is 285 g/mol. The van der Waals surface area contributed by atoms with Crippen LogP contribution in [0.3, 0.4) is 0 Å². The molecule has 0 aliphatic heterocycles. The van der Waals surface area contributed by atoms with Gasteiger partial charge in [-0.25, -0.2) is 0 Å². The van der Waals surface area contributed by atoms with Crippen LogP contribution in [0.2, 0.25) is 0 Å². The van der Waals surface area contributed by atoms with Crippen LogP contribution in [0, 0.1) is 6.92 Å². The van der Waals surface area contributed by atoms with Crippen LogP contribution in [0.5, 0.6) is 0 Å². The van der Waals surface area contributed by atoms with Crippen molar-refractivity contribution in [2.75, 3.05) is 12.5 Å². The Morgan fingerprint density at radius 3 is 1.29 bits per heavy atom. The lowest BCUT2D eigenvalue weighted by Crippen LogP contribution is -1.88. The predicted octanol–water partition coefficient (Wildman–Crippen LogP) is 0.398. The van der Waals surface area contributed by atoms with Crippen LogP contribution in [-0.4, -0.2) is 43.4 Å². The van der Waals surface area contributed by atoms with Crippen LogP contribution in [-0.2, 0) is 20.2 Å². The molecule has 2 N–H and O–H groups in total. The normalized spacial score (nSPS) is 10.4. The topological polar surface area (TPSA) is 122 Å². The fourth-order valence-electron chi connectivity index (χ4n) is 0.426. The molecular formula is C8H15NO6S2. The van der Waals surface area contributed by atoms with Gasteiger partial charge < -0.3 is 0 Å². The summed E-state index contributed by atoms with van der Waals surface area (Å²) in [6.45, 7) is 2.04. The quantitative estimate of drug-likeness (QED) is 0.661. The van der Waals surface area contributed by atoms with Crippen LogP contribution >= 0.6 is 0 Å². The summed E-state index contributed by atoms with van der Waals surface area (Å²) in [5.41, 5.74) is 1.26. The standard InChI is InChI=1S/C6H7N.2CH4O3S/c1-6-2-4-7-5-3-6;2*1-5(2,3)4/h2-5H,1H3;2*1H3,(H,2,3,4). The van der Waals surface area contributed by atoms with Crippen molar-refractivity contribution >= 4 is 20.2 Å². The second kappa shape index (κ2) is 8.12. The number of rotatable bonds is 0. The summed E-state index contributed by atoms with van der Waals surface area (Å²) in [5, 5.41) is 0. The SMILES string of the molecule is CS(=O)(=O)O.CS(=O)(=O)O.Cc1ccncc1. The zero-order chi connectivity index (χ0) is 14.1. The maximum atomic E-state index is 9.19. The zero-order valence-corrected chi connectivity index (χ0v) is 11.2. The van der Waals surface area contributed by atoms with Gasteiger partial charge in [0, 0.05) is 12.4 Å². The highest BCUT2D eigenvalue weighted by Crippen LogP contribution is 1.88. The number of hydrogen-bond acceptors (Lipinski definition) is 5. The second-order valence-electron chi connectivity index (χ2n) is 2.99. The summed E-state index contributed by atoms with van der Waals surface area (Å²) in [6, 6.07) is 3.94. The minimum atomic E-state index is -3.67. The summed E-state index contributed by atoms with van der Waals surface area (Å²) in [5.74, 6) is 0. The maximum absolute atomic E-state index is 9.19. The van der Waals surface area contributed by atoms with Crippen LogP contribution in [0.15, 0.2) is 24.5 Å². The van der Waals surface area contributed by atoms with Gasteiger partial charge in [0.05, 0.1) is 12.5 Å². The zero-order valence-electron chi connectivity index (χ0n) is 9.60. The first-order valence-electron chi connectivity index (χ1n) is 4.11.